The molecule has 5 rings (SSSR count). The average molecular weight is 362 g/mol. The molecule has 0 bridgehead atoms. The van der Waals surface area contributed by atoms with E-state index in [0.29, 0.717) is 5.95 Å². The fraction of sp³-hybridized carbons (Fsp3) is 0.250. The highest BCUT2D eigenvalue weighted by atomic mass is 19.1. The van der Waals surface area contributed by atoms with Crippen molar-refractivity contribution in [3.8, 4) is 11.1 Å². The summed E-state index contributed by atoms with van der Waals surface area (Å²) in [5.41, 5.74) is 6.02. The zero-order chi connectivity index (χ0) is 18.4. The van der Waals surface area contributed by atoms with Gasteiger partial charge in [0.2, 0.25) is 5.95 Å². The van der Waals surface area contributed by atoms with Gasteiger partial charge in [0, 0.05) is 23.5 Å². The zero-order valence-electron chi connectivity index (χ0n) is 14.9. The molecule has 1 unspecified atom stereocenters. The van der Waals surface area contributed by atoms with Crippen LogP contribution >= 0.6 is 0 Å². The lowest BCUT2D eigenvalue weighted by atomic mass is 9.94. The summed E-state index contributed by atoms with van der Waals surface area (Å²) in [7, 11) is 0. The van der Waals surface area contributed by atoms with Gasteiger partial charge >= 0.3 is 0 Å². The highest BCUT2D eigenvalue weighted by Gasteiger charge is 2.21. The first-order valence-corrected chi connectivity index (χ1v) is 9.07. The van der Waals surface area contributed by atoms with Crippen molar-refractivity contribution in [3.63, 3.8) is 0 Å². The van der Waals surface area contributed by atoms with E-state index in [9.17, 15) is 4.39 Å². The van der Waals surface area contributed by atoms with E-state index in [4.69, 9.17) is 4.98 Å². The monoisotopic (exact) mass is 362 g/mol. The number of anilines is 1. The SMILES string of the molecule is Cc1cc(F)ccc1-c1cccn2nc(NC3CCc4[nH]ncc4C3)nc12. The summed E-state index contributed by atoms with van der Waals surface area (Å²) in [5.74, 6) is 0.377. The summed E-state index contributed by atoms with van der Waals surface area (Å²) in [6, 6.07) is 9.02. The van der Waals surface area contributed by atoms with Crippen molar-refractivity contribution in [2.45, 2.75) is 32.2 Å². The van der Waals surface area contributed by atoms with E-state index in [1.807, 2.05) is 31.5 Å². The Bertz CT molecular complexity index is 1130. The van der Waals surface area contributed by atoms with E-state index < -0.39 is 0 Å². The van der Waals surface area contributed by atoms with Gasteiger partial charge in [-0.3, -0.25) is 5.10 Å². The van der Waals surface area contributed by atoms with E-state index in [-0.39, 0.29) is 11.9 Å². The van der Waals surface area contributed by atoms with Crippen molar-refractivity contribution in [2.24, 2.45) is 0 Å². The van der Waals surface area contributed by atoms with Gasteiger partial charge in [0.15, 0.2) is 5.65 Å². The van der Waals surface area contributed by atoms with Crippen LogP contribution < -0.4 is 5.32 Å². The lowest BCUT2D eigenvalue weighted by Crippen LogP contribution is -2.27. The van der Waals surface area contributed by atoms with E-state index in [0.717, 1.165) is 41.6 Å². The van der Waals surface area contributed by atoms with Crippen LogP contribution in [0.2, 0.25) is 0 Å². The Morgan fingerprint density at radius 2 is 2.19 bits per heavy atom. The number of hydrogen-bond donors (Lipinski definition) is 2. The number of pyridine rings is 1. The molecule has 1 atom stereocenters. The minimum Gasteiger partial charge on any atom is -0.350 e. The van der Waals surface area contributed by atoms with Gasteiger partial charge in [0.1, 0.15) is 5.82 Å². The lowest BCUT2D eigenvalue weighted by molar-refractivity contribution is 0.600. The van der Waals surface area contributed by atoms with E-state index >= 15 is 0 Å². The Balaban J connectivity index is 1.47. The maximum Gasteiger partial charge on any atom is 0.243 e. The van der Waals surface area contributed by atoms with Crippen LogP contribution in [-0.4, -0.2) is 30.8 Å². The van der Waals surface area contributed by atoms with Gasteiger partial charge < -0.3 is 5.32 Å². The number of rotatable bonds is 3. The van der Waals surface area contributed by atoms with Gasteiger partial charge in [0.25, 0.3) is 0 Å². The van der Waals surface area contributed by atoms with E-state index in [2.05, 4.69) is 20.6 Å². The van der Waals surface area contributed by atoms with Gasteiger partial charge in [0.05, 0.1) is 6.20 Å². The third kappa shape index (κ3) is 2.85. The van der Waals surface area contributed by atoms with Gasteiger partial charge in [-0.1, -0.05) is 6.07 Å². The quantitative estimate of drug-likeness (QED) is 0.585. The van der Waals surface area contributed by atoms with Gasteiger partial charge in [-0.05, 0) is 67.1 Å². The Morgan fingerprint density at radius 1 is 1.26 bits per heavy atom. The minimum atomic E-state index is -0.233. The van der Waals surface area contributed by atoms with Crippen molar-refractivity contribution in [2.75, 3.05) is 5.32 Å². The van der Waals surface area contributed by atoms with Crippen LogP contribution in [0.15, 0.2) is 42.7 Å². The number of aromatic nitrogens is 5. The molecule has 0 aliphatic heterocycles. The first-order chi connectivity index (χ1) is 13.2. The first kappa shape index (κ1) is 16.0. The Kier molecular flexibility index (Phi) is 3.67. The second-order valence-electron chi connectivity index (χ2n) is 7.04. The van der Waals surface area contributed by atoms with Crippen LogP contribution in [0.4, 0.5) is 10.3 Å². The molecule has 3 heterocycles. The molecule has 3 aromatic heterocycles. The number of nitrogens with zero attached hydrogens (tertiary/aromatic N) is 4. The number of aromatic amines is 1. The van der Waals surface area contributed by atoms with Crippen molar-refractivity contribution in [1.29, 1.82) is 0 Å². The predicted molar refractivity (Wildman–Crippen MR) is 101 cm³/mol. The molecule has 4 aromatic rings. The molecule has 7 heteroatoms. The van der Waals surface area contributed by atoms with Gasteiger partial charge in [-0.25, -0.2) is 8.91 Å². The molecule has 136 valence electrons. The van der Waals surface area contributed by atoms with Crippen molar-refractivity contribution in [3.05, 3.63) is 65.4 Å². The second kappa shape index (κ2) is 6.19. The minimum absolute atomic E-state index is 0.233. The third-order valence-corrected chi connectivity index (χ3v) is 5.19. The van der Waals surface area contributed by atoms with E-state index in [1.165, 1.54) is 17.3 Å². The molecule has 0 spiro atoms. The van der Waals surface area contributed by atoms with Gasteiger partial charge in [-0.15, -0.1) is 5.10 Å². The molecule has 0 radical (unpaired) electrons. The molecule has 0 amide bonds. The third-order valence-electron chi connectivity index (χ3n) is 5.19. The number of fused-ring (bicyclic) bond motifs is 2. The molecule has 0 fully saturated rings. The predicted octanol–water partition coefficient (Wildman–Crippen LogP) is 3.54. The molecule has 6 nitrogen and oxygen atoms in total. The molecular formula is C20H19FN6. The largest absolute Gasteiger partial charge is 0.350 e. The number of hydrogen-bond acceptors (Lipinski definition) is 4. The summed E-state index contributed by atoms with van der Waals surface area (Å²) in [6.07, 6.45) is 6.67. The standard InChI is InChI=1S/C20H19FN6/c1-12-9-14(21)4-6-16(12)17-3-2-8-27-19(17)24-20(26-27)23-15-5-7-18-13(10-15)11-22-25-18/h2-4,6,8-9,11,15H,5,7,10H2,1H3,(H,22,25)(H,23,26). The van der Waals surface area contributed by atoms with E-state index in [1.54, 1.807) is 16.6 Å². The van der Waals surface area contributed by atoms with Crippen LogP contribution in [0.25, 0.3) is 16.8 Å². The Hall–Kier alpha value is -3.22. The molecule has 0 saturated carbocycles. The van der Waals surface area contributed by atoms with Crippen LogP contribution in [-0.2, 0) is 12.8 Å². The molecule has 0 saturated heterocycles. The second-order valence-corrected chi connectivity index (χ2v) is 7.04. The van der Waals surface area contributed by atoms with Crippen molar-refractivity contribution >= 4 is 11.6 Å². The Labute approximate surface area is 155 Å². The molecular weight excluding hydrogens is 343 g/mol. The van der Waals surface area contributed by atoms with Crippen molar-refractivity contribution in [1.82, 2.24) is 24.8 Å². The lowest BCUT2D eigenvalue weighted by Gasteiger charge is -2.21. The number of nitrogens with one attached hydrogen (secondary N) is 2. The maximum absolute atomic E-state index is 13.5. The van der Waals surface area contributed by atoms with Gasteiger partial charge in [-0.2, -0.15) is 10.1 Å². The summed E-state index contributed by atoms with van der Waals surface area (Å²) < 4.78 is 15.2. The number of benzene rings is 1. The number of aryl methyl sites for hydroxylation is 2. The molecule has 1 aliphatic rings. The fourth-order valence-electron chi connectivity index (χ4n) is 3.83. The number of H-pyrrole nitrogens is 1. The molecule has 27 heavy (non-hydrogen) atoms. The normalized spacial score (nSPS) is 16.4. The topological polar surface area (TPSA) is 70.9 Å². The highest BCUT2D eigenvalue weighted by Crippen LogP contribution is 2.28. The van der Waals surface area contributed by atoms with Crippen LogP contribution in [0, 0.1) is 12.7 Å². The Morgan fingerprint density at radius 3 is 3.07 bits per heavy atom. The summed E-state index contributed by atoms with van der Waals surface area (Å²) in [4.78, 5) is 4.71. The van der Waals surface area contributed by atoms with Crippen LogP contribution in [0.1, 0.15) is 23.2 Å². The summed E-state index contributed by atoms with van der Waals surface area (Å²) in [5, 5.41) is 15.2. The first-order valence-electron chi connectivity index (χ1n) is 9.07. The summed E-state index contributed by atoms with van der Waals surface area (Å²) >= 11 is 0. The van der Waals surface area contributed by atoms with Crippen molar-refractivity contribution < 1.29 is 4.39 Å². The highest BCUT2D eigenvalue weighted by molar-refractivity contribution is 5.79. The van der Waals surface area contributed by atoms with Crippen LogP contribution in [0.5, 0.6) is 0 Å². The average Bonchev–Trinajstić information content (AvgIpc) is 3.27. The maximum atomic E-state index is 13.5. The zero-order valence-corrected chi connectivity index (χ0v) is 14.9. The fourth-order valence-corrected chi connectivity index (χ4v) is 3.83. The smallest absolute Gasteiger partial charge is 0.243 e. The molecule has 1 aliphatic carbocycles. The summed E-state index contributed by atoms with van der Waals surface area (Å²) in [6.45, 7) is 1.90. The van der Waals surface area contributed by atoms with Crippen LogP contribution in [0.3, 0.4) is 0 Å². The molecule has 1 aromatic carbocycles. The number of halogens is 1. The molecule has 2 N–H and O–H groups in total.